The van der Waals surface area contributed by atoms with Crippen molar-refractivity contribution in [3.8, 4) is 0 Å². The number of carboxylic acid groups (broad SMARTS) is 1. The lowest BCUT2D eigenvalue weighted by molar-refractivity contribution is -0.245. The maximum absolute atomic E-state index is 12.9. The topological polar surface area (TPSA) is 140 Å². The van der Waals surface area contributed by atoms with Gasteiger partial charge in [0.05, 0.1) is 10.0 Å². The molecule has 4 rings (SSSR count). The fraction of sp³-hybridized carbons (Fsp3) is 0.333. The van der Waals surface area contributed by atoms with Crippen molar-refractivity contribution in [2.75, 3.05) is 10.6 Å². The van der Waals surface area contributed by atoms with Crippen molar-refractivity contribution in [3.05, 3.63) is 70.3 Å². The van der Waals surface area contributed by atoms with Gasteiger partial charge in [0, 0.05) is 40.3 Å². The van der Waals surface area contributed by atoms with Gasteiger partial charge in [-0.25, -0.2) is 9.78 Å². The van der Waals surface area contributed by atoms with Crippen molar-refractivity contribution < 1.29 is 19.9 Å². The molecule has 0 saturated carbocycles. The highest BCUT2D eigenvalue weighted by molar-refractivity contribution is 9.10. The molecule has 1 fully saturated rings. The summed E-state index contributed by atoms with van der Waals surface area (Å²) in [4.78, 5) is 32.7. The number of amides is 1. The highest BCUT2D eigenvalue weighted by Crippen LogP contribution is 2.36. The summed E-state index contributed by atoms with van der Waals surface area (Å²) in [5.41, 5.74) is 1.20. The highest BCUT2D eigenvalue weighted by Gasteiger charge is 2.45. The van der Waals surface area contributed by atoms with Crippen LogP contribution in [0.5, 0.6) is 0 Å². The number of aromatic nitrogens is 2. The summed E-state index contributed by atoms with van der Waals surface area (Å²) in [5.74, 6) is -0.314. The number of piperidine rings is 1. The van der Waals surface area contributed by atoms with E-state index >= 15 is 0 Å². The molecule has 10 nitrogen and oxygen atoms in total. The third-order valence-corrected chi connectivity index (χ3v) is 7.10. The van der Waals surface area contributed by atoms with Gasteiger partial charge in [-0.05, 0) is 105 Å². The van der Waals surface area contributed by atoms with Crippen molar-refractivity contribution in [2.45, 2.75) is 57.7 Å². The van der Waals surface area contributed by atoms with Crippen LogP contribution < -0.4 is 16.0 Å². The second-order valence-corrected chi connectivity index (χ2v) is 11.5. The number of halogens is 1. The van der Waals surface area contributed by atoms with Crippen molar-refractivity contribution >= 4 is 50.9 Å². The summed E-state index contributed by atoms with van der Waals surface area (Å²) in [6.07, 6.45) is 2.88. The number of carbonyl (C=O) groups excluding carboxylic acids is 1. The van der Waals surface area contributed by atoms with Crippen LogP contribution >= 0.6 is 15.9 Å². The molecular formula is C27H31BrN6O4. The van der Waals surface area contributed by atoms with E-state index in [0.29, 0.717) is 40.3 Å². The number of hydrogen-bond acceptors (Lipinski definition) is 8. The SMILES string of the molecule is CC1(C)CC(NC(=O)c2ccc(Nc3nc(Nc4ccc(C(=O)O)cc4)ncc3Br)cc2)CC(C)(C)N1O. The third kappa shape index (κ3) is 6.29. The van der Waals surface area contributed by atoms with Crippen LogP contribution in [-0.2, 0) is 0 Å². The number of carbonyl (C=O) groups is 2. The number of benzene rings is 2. The normalized spacial score (nSPS) is 17.0. The molecule has 1 aliphatic rings. The first-order chi connectivity index (χ1) is 17.8. The Morgan fingerprint density at radius 2 is 1.45 bits per heavy atom. The van der Waals surface area contributed by atoms with Crippen LogP contribution in [0.4, 0.5) is 23.1 Å². The number of hydroxylamine groups is 2. The molecule has 0 aliphatic carbocycles. The Morgan fingerprint density at radius 1 is 0.921 bits per heavy atom. The molecule has 0 atom stereocenters. The minimum atomic E-state index is -0.994. The number of rotatable bonds is 7. The average Bonchev–Trinajstić information content (AvgIpc) is 2.85. The molecule has 2 aromatic carbocycles. The molecule has 1 saturated heterocycles. The molecule has 3 aromatic rings. The third-order valence-electron chi connectivity index (χ3n) is 6.52. The van der Waals surface area contributed by atoms with E-state index in [-0.39, 0.29) is 17.5 Å². The molecular weight excluding hydrogens is 552 g/mol. The zero-order chi connectivity index (χ0) is 27.7. The predicted octanol–water partition coefficient (Wildman–Crippen LogP) is 5.57. The molecule has 5 N–H and O–H groups in total. The van der Waals surface area contributed by atoms with E-state index in [2.05, 4.69) is 41.8 Å². The fourth-order valence-corrected chi connectivity index (χ4v) is 5.11. The Kier molecular flexibility index (Phi) is 7.73. The molecule has 1 aliphatic heterocycles. The smallest absolute Gasteiger partial charge is 0.335 e. The number of aromatic carboxylic acids is 1. The number of nitrogens with zero attached hydrogens (tertiary/aromatic N) is 3. The first-order valence-corrected chi connectivity index (χ1v) is 12.9. The van der Waals surface area contributed by atoms with Gasteiger partial charge in [-0.1, -0.05) is 0 Å². The van der Waals surface area contributed by atoms with Gasteiger partial charge in [-0.2, -0.15) is 10.0 Å². The van der Waals surface area contributed by atoms with Crippen LogP contribution in [0.1, 0.15) is 61.3 Å². The lowest BCUT2D eigenvalue weighted by Gasteiger charge is -2.51. The molecule has 2 heterocycles. The van der Waals surface area contributed by atoms with Crippen molar-refractivity contribution in [3.63, 3.8) is 0 Å². The van der Waals surface area contributed by atoms with Crippen LogP contribution in [0.2, 0.25) is 0 Å². The van der Waals surface area contributed by atoms with Crippen molar-refractivity contribution in [1.29, 1.82) is 0 Å². The van der Waals surface area contributed by atoms with E-state index in [0.717, 1.165) is 5.69 Å². The van der Waals surface area contributed by atoms with Crippen LogP contribution in [0.3, 0.4) is 0 Å². The van der Waals surface area contributed by atoms with Gasteiger partial charge < -0.3 is 26.3 Å². The van der Waals surface area contributed by atoms with E-state index in [9.17, 15) is 14.8 Å². The predicted molar refractivity (Wildman–Crippen MR) is 148 cm³/mol. The van der Waals surface area contributed by atoms with Gasteiger partial charge in [0.2, 0.25) is 5.95 Å². The largest absolute Gasteiger partial charge is 0.478 e. The van der Waals surface area contributed by atoms with Crippen LogP contribution in [0.15, 0.2) is 59.2 Å². The molecule has 0 unspecified atom stereocenters. The number of nitrogens with one attached hydrogen (secondary N) is 3. The Balaban J connectivity index is 1.40. The Bertz CT molecular complexity index is 1310. The highest BCUT2D eigenvalue weighted by atomic mass is 79.9. The van der Waals surface area contributed by atoms with E-state index in [4.69, 9.17) is 5.11 Å². The molecule has 38 heavy (non-hydrogen) atoms. The van der Waals surface area contributed by atoms with Gasteiger partial charge >= 0.3 is 5.97 Å². The van der Waals surface area contributed by atoms with Gasteiger partial charge in [-0.3, -0.25) is 4.79 Å². The second-order valence-electron chi connectivity index (χ2n) is 10.6. The Morgan fingerprint density at radius 3 is 2.00 bits per heavy atom. The fourth-order valence-electron chi connectivity index (χ4n) is 4.82. The quantitative estimate of drug-likeness (QED) is 0.242. The van der Waals surface area contributed by atoms with Crippen molar-refractivity contribution in [2.24, 2.45) is 0 Å². The van der Waals surface area contributed by atoms with E-state index in [1.165, 1.54) is 17.2 Å². The first-order valence-electron chi connectivity index (χ1n) is 12.1. The zero-order valence-electron chi connectivity index (χ0n) is 21.6. The summed E-state index contributed by atoms with van der Waals surface area (Å²) >= 11 is 3.45. The molecule has 1 aromatic heterocycles. The van der Waals surface area contributed by atoms with Crippen molar-refractivity contribution in [1.82, 2.24) is 20.3 Å². The molecule has 200 valence electrons. The minimum absolute atomic E-state index is 0.0584. The summed E-state index contributed by atoms with van der Waals surface area (Å²) in [6, 6.07) is 13.3. The maximum atomic E-state index is 12.9. The van der Waals surface area contributed by atoms with Crippen LogP contribution in [-0.4, -0.2) is 54.3 Å². The molecule has 0 bridgehead atoms. The first kappa shape index (κ1) is 27.5. The van der Waals surface area contributed by atoms with Gasteiger partial charge in [0.25, 0.3) is 5.91 Å². The van der Waals surface area contributed by atoms with Gasteiger partial charge in [0.1, 0.15) is 5.82 Å². The zero-order valence-corrected chi connectivity index (χ0v) is 23.2. The van der Waals surface area contributed by atoms with E-state index in [1.807, 2.05) is 27.7 Å². The maximum Gasteiger partial charge on any atom is 0.335 e. The standard InChI is InChI=1S/C27H31BrN6O4/c1-26(2)13-20(14-27(3,4)34(26)38)31-23(35)16-5-9-18(10-6-16)30-22-21(28)15-29-25(33-22)32-19-11-7-17(8-12-19)24(36)37/h5-12,15,20,38H,13-14H2,1-4H3,(H,31,35)(H,36,37)(H2,29,30,32,33). The van der Waals surface area contributed by atoms with E-state index in [1.54, 1.807) is 42.6 Å². The number of carboxylic acids is 1. The lowest BCUT2D eigenvalue weighted by Crippen LogP contribution is -2.62. The monoisotopic (exact) mass is 582 g/mol. The second kappa shape index (κ2) is 10.7. The molecule has 1 amide bonds. The summed E-state index contributed by atoms with van der Waals surface area (Å²) in [5, 5.41) is 30.3. The van der Waals surface area contributed by atoms with Gasteiger partial charge in [0.15, 0.2) is 0 Å². The summed E-state index contributed by atoms with van der Waals surface area (Å²) in [6.45, 7) is 7.87. The van der Waals surface area contributed by atoms with Crippen LogP contribution in [0, 0.1) is 0 Å². The molecule has 0 radical (unpaired) electrons. The Labute approximate surface area is 229 Å². The van der Waals surface area contributed by atoms with Gasteiger partial charge in [-0.15, -0.1) is 0 Å². The minimum Gasteiger partial charge on any atom is -0.478 e. The van der Waals surface area contributed by atoms with E-state index < -0.39 is 17.0 Å². The van der Waals surface area contributed by atoms with Crippen LogP contribution in [0.25, 0.3) is 0 Å². The average molecular weight is 583 g/mol. The molecule has 0 spiro atoms. The molecule has 11 heteroatoms. The summed E-state index contributed by atoms with van der Waals surface area (Å²) in [7, 11) is 0. The lowest BCUT2D eigenvalue weighted by atomic mass is 9.79. The number of hydrogen-bond donors (Lipinski definition) is 5. The number of anilines is 4. The Hall–Kier alpha value is -3.54. The summed E-state index contributed by atoms with van der Waals surface area (Å²) < 4.78 is 0.645.